The highest BCUT2D eigenvalue weighted by Crippen LogP contribution is 2.61. The molecular weight excluding hydrogens is 483 g/mol. The van der Waals surface area contributed by atoms with Gasteiger partial charge in [-0.3, -0.25) is 9.35 Å². The highest BCUT2D eigenvalue weighted by Gasteiger charge is 2.70. The molecule has 1 N–H and O–H groups in total. The van der Waals surface area contributed by atoms with Gasteiger partial charge in [0.25, 0.3) is 0 Å². The van der Waals surface area contributed by atoms with Gasteiger partial charge in [0, 0.05) is 0 Å². The van der Waals surface area contributed by atoms with Crippen molar-refractivity contribution in [2.45, 2.75) is 69.1 Å². The van der Waals surface area contributed by atoms with Gasteiger partial charge in [-0.1, -0.05) is 6.92 Å². The molecule has 4 bridgehead atoms. The molecule has 190 valence electrons. The number of rotatable bonds is 9. The number of carbonyl (C=O) groups excluding carboxylic acids is 2. The number of ether oxygens (including phenoxy) is 3. The zero-order valence-corrected chi connectivity index (χ0v) is 18.5. The summed E-state index contributed by atoms with van der Waals surface area (Å²) in [4.78, 5) is 25.5. The fourth-order valence-electron chi connectivity index (χ4n) is 5.53. The highest BCUT2D eigenvalue weighted by molar-refractivity contribution is 7.86. The summed E-state index contributed by atoms with van der Waals surface area (Å²) in [5, 5.41) is -5.22. The van der Waals surface area contributed by atoms with Crippen molar-refractivity contribution >= 4 is 22.1 Å². The van der Waals surface area contributed by atoms with Gasteiger partial charge in [0.05, 0.1) is 12.0 Å². The Hall–Kier alpha value is -1.54. The van der Waals surface area contributed by atoms with E-state index >= 15 is 0 Å². The molecule has 0 saturated heterocycles. The molecular formula is C19H25F5O8S. The number of alkyl halides is 5. The van der Waals surface area contributed by atoms with Gasteiger partial charge in [-0.15, -0.1) is 0 Å². The maximum Gasteiger partial charge on any atom is 0.468 e. The Morgan fingerprint density at radius 2 is 1.48 bits per heavy atom. The molecule has 8 nitrogen and oxygen atoms in total. The van der Waals surface area contributed by atoms with Crippen molar-refractivity contribution in [3.63, 3.8) is 0 Å². The molecule has 4 fully saturated rings. The van der Waals surface area contributed by atoms with E-state index in [2.05, 4.69) is 14.2 Å². The van der Waals surface area contributed by atoms with Gasteiger partial charge in [-0.25, -0.2) is 4.79 Å². The van der Waals surface area contributed by atoms with Crippen LogP contribution < -0.4 is 0 Å². The Morgan fingerprint density at radius 3 is 1.88 bits per heavy atom. The molecule has 0 spiro atoms. The number of hydrogen-bond acceptors (Lipinski definition) is 7. The minimum Gasteiger partial charge on any atom is -0.461 e. The molecule has 1 unspecified atom stereocenters. The molecule has 0 aromatic heterocycles. The first-order valence-corrected chi connectivity index (χ1v) is 12.0. The van der Waals surface area contributed by atoms with Crippen LogP contribution in [0.15, 0.2) is 0 Å². The smallest absolute Gasteiger partial charge is 0.461 e. The van der Waals surface area contributed by atoms with Gasteiger partial charge in [-0.05, 0) is 62.7 Å². The van der Waals surface area contributed by atoms with E-state index in [0.717, 1.165) is 19.3 Å². The zero-order chi connectivity index (χ0) is 24.9. The predicted octanol–water partition coefficient (Wildman–Crippen LogP) is 3.46. The fraction of sp³-hybridized carbons (Fsp3) is 0.895. The molecule has 0 aromatic rings. The Morgan fingerprint density at radius 1 is 1.00 bits per heavy atom. The Labute approximate surface area is 186 Å². The molecule has 1 atom stereocenters. The van der Waals surface area contributed by atoms with Crippen LogP contribution in [0.2, 0.25) is 0 Å². The first-order valence-electron chi connectivity index (χ1n) is 10.5. The molecule has 33 heavy (non-hydrogen) atoms. The summed E-state index contributed by atoms with van der Waals surface area (Å²) >= 11 is 0. The van der Waals surface area contributed by atoms with Gasteiger partial charge in [0.1, 0.15) is 6.61 Å². The summed E-state index contributed by atoms with van der Waals surface area (Å²) < 4.78 is 113. The average Bonchev–Trinajstić information content (AvgIpc) is 2.66. The van der Waals surface area contributed by atoms with E-state index in [1.807, 2.05) is 0 Å². The molecule has 4 aliphatic carbocycles. The Bertz CT molecular complexity index is 852. The second kappa shape index (κ2) is 8.59. The molecule has 0 heterocycles. The Kier molecular flexibility index (Phi) is 6.79. The van der Waals surface area contributed by atoms with Crippen LogP contribution in [0, 0.1) is 23.2 Å². The molecule has 0 aliphatic heterocycles. The van der Waals surface area contributed by atoms with Gasteiger partial charge in [0.15, 0.2) is 0 Å². The Balaban J connectivity index is 1.95. The number of esters is 2. The van der Waals surface area contributed by atoms with Gasteiger partial charge in [-0.2, -0.15) is 30.4 Å². The van der Waals surface area contributed by atoms with Crippen LogP contribution in [0.3, 0.4) is 0 Å². The van der Waals surface area contributed by atoms with E-state index in [9.17, 15) is 40.0 Å². The zero-order valence-electron chi connectivity index (χ0n) is 17.7. The minimum absolute atomic E-state index is 0.0454. The van der Waals surface area contributed by atoms with Gasteiger partial charge >= 0.3 is 39.3 Å². The molecule has 0 amide bonds. The van der Waals surface area contributed by atoms with E-state index in [0.29, 0.717) is 0 Å². The minimum atomic E-state index is -6.20. The first-order chi connectivity index (χ1) is 15.1. The van der Waals surface area contributed by atoms with Crippen LogP contribution in [0.25, 0.3) is 0 Å². The van der Waals surface area contributed by atoms with Crippen molar-refractivity contribution < 1.29 is 58.7 Å². The third-order valence-electron chi connectivity index (χ3n) is 6.61. The van der Waals surface area contributed by atoms with Crippen LogP contribution in [-0.4, -0.2) is 55.3 Å². The van der Waals surface area contributed by atoms with Crippen molar-refractivity contribution in [2.24, 2.45) is 23.2 Å². The van der Waals surface area contributed by atoms with E-state index in [-0.39, 0.29) is 43.4 Å². The lowest BCUT2D eigenvalue weighted by Gasteiger charge is -2.55. The molecule has 0 aromatic carbocycles. The second-order valence-electron chi connectivity index (χ2n) is 9.24. The quantitative estimate of drug-likeness (QED) is 0.218. The first kappa shape index (κ1) is 26.1. The maximum absolute atomic E-state index is 14.1. The monoisotopic (exact) mass is 508 g/mol. The number of halogens is 5. The second-order valence-corrected chi connectivity index (χ2v) is 10.8. The predicted molar refractivity (Wildman–Crippen MR) is 99.2 cm³/mol. The average molecular weight is 508 g/mol. The fourth-order valence-corrected chi connectivity index (χ4v) is 5.74. The van der Waals surface area contributed by atoms with Crippen LogP contribution in [0.1, 0.15) is 51.9 Å². The van der Waals surface area contributed by atoms with Crippen molar-refractivity contribution in [3.8, 4) is 0 Å². The maximum atomic E-state index is 14.1. The van der Waals surface area contributed by atoms with Crippen molar-refractivity contribution in [3.05, 3.63) is 0 Å². The van der Waals surface area contributed by atoms with Crippen molar-refractivity contribution in [2.75, 3.05) is 13.2 Å². The largest absolute Gasteiger partial charge is 0.468 e. The summed E-state index contributed by atoms with van der Waals surface area (Å²) in [5.41, 5.74) is -1.33. The third kappa shape index (κ3) is 4.83. The summed E-state index contributed by atoms with van der Waals surface area (Å²) in [6.45, 7) is -1.75. The van der Waals surface area contributed by atoms with Crippen LogP contribution >= 0.6 is 0 Å². The summed E-state index contributed by atoms with van der Waals surface area (Å²) in [6.07, 6.45) is -2.68. The topological polar surface area (TPSA) is 116 Å². The van der Waals surface area contributed by atoms with Gasteiger partial charge < -0.3 is 14.2 Å². The lowest BCUT2D eigenvalue weighted by molar-refractivity contribution is -0.364. The van der Waals surface area contributed by atoms with Crippen LogP contribution in [-0.2, 0) is 33.9 Å². The number of carbonyl (C=O) groups is 2. The van der Waals surface area contributed by atoms with Crippen LogP contribution in [0.5, 0.6) is 0 Å². The standard InChI is InChI=1S/C19H25F5O8S/c1-2-3-30-15(26)18(19(22,23)24,31-10-17(20,21)33(27,28)29)32-14(25)16-7-11-4-12(8-16)6-13(5-11)9-16/h11-13H,2-10H2,1H3,(H,27,28,29). The summed E-state index contributed by atoms with van der Waals surface area (Å²) in [5.74, 6) is -8.08. The van der Waals surface area contributed by atoms with Gasteiger partial charge in [0.2, 0.25) is 0 Å². The van der Waals surface area contributed by atoms with Crippen molar-refractivity contribution in [1.29, 1.82) is 0 Å². The van der Waals surface area contributed by atoms with Crippen molar-refractivity contribution in [1.82, 2.24) is 0 Å². The van der Waals surface area contributed by atoms with E-state index < -0.39 is 57.9 Å². The van der Waals surface area contributed by atoms with E-state index in [1.54, 1.807) is 0 Å². The molecule has 4 saturated carbocycles. The SMILES string of the molecule is CCCOC(=O)C(OCC(F)(F)S(=O)(=O)O)(OC(=O)C12CC3CC(CC(C3)C1)C2)C(F)(F)F. The normalized spacial score (nSPS) is 31.2. The lowest BCUT2D eigenvalue weighted by Crippen LogP contribution is -2.62. The molecule has 14 heteroatoms. The van der Waals surface area contributed by atoms with E-state index in [1.165, 1.54) is 6.92 Å². The third-order valence-corrected chi connectivity index (χ3v) is 7.48. The molecule has 4 rings (SSSR count). The highest BCUT2D eigenvalue weighted by atomic mass is 32.2. The molecule has 4 aliphatic rings. The summed E-state index contributed by atoms with van der Waals surface area (Å²) in [6, 6.07) is 0. The molecule has 0 radical (unpaired) electrons. The van der Waals surface area contributed by atoms with Crippen LogP contribution in [0.4, 0.5) is 22.0 Å². The lowest BCUT2D eigenvalue weighted by atomic mass is 9.49. The summed E-state index contributed by atoms with van der Waals surface area (Å²) in [7, 11) is -6.20. The number of hydrogen-bond donors (Lipinski definition) is 1. The van der Waals surface area contributed by atoms with E-state index in [4.69, 9.17) is 4.55 Å².